The summed E-state index contributed by atoms with van der Waals surface area (Å²) in [4.78, 5) is 11.0. The molecule has 0 aromatic heterocycles. The first-order chi connectivity index (χ1) is 9.63. The first-order valence-electron chi connectivity index (χ1n) is 5.84. The fraction of sp³-hybridized carbons (Fsp3) is 0.133. The van der Waals surface area contributed by atoms with Crippen molar-refractivity contribution in [2.45, 2.75) is 6.61 Å². The summed E-state index contributed by atoms with van der Waals surface area (Å²) < 4.78 is 36.8. The van der Waals surface area contributed by atoms with Crippen LogP contribution in [-0.2, 0) is 6.61 Å². The van der Waals surface area contributed by atoms with Crippen LogP contribution in [0.1, 0.15) is 15.9 Å². The highest BCUT2D eigenvalue weighted by molar-refractivity contribution is 5.80. The van der Waals surface area contributed by atoms with Crippen LogP contribution in [0.2, 0.25) is 0 Å². The van der Waals surface area contributed by atoms with Gasteiger partial charge < -0.3 is 9.47 Å². The number of methoxy groups -OCH3 is 1. The van der Waals surface area contributed by atoms with Gasteiger partial charge in [0.05, 0.1) is 12.7 Å². The average molecular weight is 278 g/mol. The fourth-order valence-corrected chi connectivity index (χ4v) is 1.69. The van der Waals surface area contributed by atoms with E-state index >= 15 is 0 Å². The summed E-state index contributed by atoms with van der Waals surface area (Å²) in [6.07, 6.45) is 0.611. The molecule has 0 radical (unpaired) electrons. The van der Waals surface area contributed by atoms with Crippen molar-refractivity contribution in [2.75, 3.05) is 7.11 Å². The highest BCUT2D eigenvalue weighted by Crippen LogP contribution is 2.24. The molecule has 2 aromatic rings. The zero-order valence-corrected chi connectivity index (χ0v) is 10.7. The molecule has 5 heteroatoms. The summed E-state index contributed by atoms with van der Waals surface area (Å²) >= 11 is 0. The maximum Gasteiger partial charge on any atom is 0.153 e. The van der Waals surface area contributed by atoms with Crippen molar-refractivity contribution < 1.29 is 23.0 Å². The third kappa shape index (κ3) is 3.12. The summed E-state index contributed by atoms with van der Waals surface area (Å²) in [6, 6.07) is 7.78. The van der Waals surface area contributed by atoms with Gasteiger partial charge in [-0.3, -0.25) is 4.79 Å². The number of benzene rings is 2. The molecule has 2 rings (SSSR count). The Hall–Kier alpha value is -2.43. The molecular weight excluding hydrogens is 266 g/mol. The lowest BCUT2D eigenvalue weighted by molar-refractivity contribution is 0.111. The van der Waals surface area contributed by atoms with E-state index in [0.29, 0.717) is 12.0 Å². The minimum atomic E-state index is -0.562. The number of halogens is 2. The van der Waals surface area contributed by atoms with E-state index in [-0.39, 0.29) is 23.5 Å². The highest BCUT2D eigenvalue weighted by atomic mass is 19.1. The second-order valence-electron chi connectivity index (χ2n) is 4.05. The molecule has 0 aliphatic rings. The Morgan fingerprint density at radius 2 is 1.95 bits per heavy atom. The Labute approximate surface area is 114 Å². The van der Waals surface area contributed by atoms with Crippen molar-refractivity contribution in [1.82, 2.24) is 0 Å². The van der Waals surface area contributed by atoms with Gasteiger partial charge in [0.1, 0.15) is 29.7 Å². The normalized spacial score (nSPS) is 10.2. The van der Waals surface area contributed by atoms with Crippen molar-refractivity contribution in [3.05, 3.63) is 59.2 Å². The number of rotatable bonds is 5. The lowest BCUT2D eigenvalue weighted by Gasteiger charge is -2.10. The number of carbonyl (C=O) groups excluding carboxylic acids is 1. The molecule has 0 aliphatic heterocycles. The van der Waals surface area contributed by atoms with Gasteiger partial charge >= 0.3 is 0 Å². The van der Waals surface area contributed by atoms with E-state index in [4.69, 9.17) is 9.47 Å². The van der Waals surface area contributed by atoms with Gasteiger partial charge in [-0.15, -0.1) is 0 Å². The van der Waals surface area contributed by atoms with E-state index in [9.17, 15) is 13.6 Å². The molecule has 0 fully saturated rings. The van der Waals surface area contributed by atoms with E-state index < -0.39 is 11.6 Å². The first kappa shape index (κ1) is 14.0. The van der Waals surface area contributed by atoms with Crippen LogP contribution in [0, 0.1) is 11.6 Å². The number of hydrogen-bond acceptors (Lipinski definition) is 3. The van der Waals surface area contributed by atoms with Gasteiger partial charge in [-0.1, -0.05) is 0 Å². The molecule has 104 valence electrons. The van der Waals surface area contributed by atoms with Gasteiger partial charge in [0, 0.05) is 5.56 Å². The second-order valence-corrected chi connectivity index (χ2v) is 4.05. The molecule has 0 spiro atoms. The smallest absolute Gasteiger partial charge is 0.153 e. The lowest BCUT2D eigenvalue weighted by Crippen LogP contribution is -2.01. The molecule has 0 aliphatic carbocycles. The van der Waals surface area contributed by atoms with Gasteiger partial charge in [0.15, 0.2) is 6.29 Å². The quantitative estimate of drug-likeness (QED) is 0.787. The van der Waals surface area contributed by atoms with Crippen LogP contribution in [0.3, 0.4) is 0 Å². The zero-order chi connectivity index (χ0) is 14.5. The van der Waals surface area contributed by atoms with Gasteiger partial charge in [0.2, 0.25) is 0 Å². The molecule has 0 N–H and O–H groups in total. The number of aldehydes is 1. The summed E-state index contributed by atoms with van der Waals surface area (Å²) in [6.45, 7) is -0.170. The number of ether oxygens (including phenoxy) is 2. The molecule has 20 heavy (non-hydrogen) atoms. The van der Waals surface area contributed by atoms with Crippen LogP contribution in [0.15, 0.2) is 36.4 Å². The Balaban J connectivity index is 2.18. The van der Waals surface area contributed by atoms with Crippen LogP contribution >= 0.6 is 0 Å². The second kappa shape index (κ2) is 6.14. The largest absolute Gasteiger partial charge is 0.497 e. The molecule has 0 atom stereocenters. The fourth-order valence-electron chi connectivity index (χ4n) is 1.69. The highest BCUT2D eigenvalue weighted by Gasteiger charge is 2.08. The van der Waals surface area contributed by atoms with Crippen molar-refractivity contribution in [3.63, 3.8) is 0 Å². The minimum absolute atomic E-state index is 0.0812. The predicted octanol–water partition coefficient (Wildman–Crippen LogP) is 3.36. The van der Waals surface area contributed by atoms with E-state index in [1.54, 1.807) is 12.1 Å². The van der Waals surface area contributed by atoms with Crippen molar-refractivity contribution in [3.8, 4) is 11.5 Å². The van der Waals surface area contributed by atoms with E-state index in [1.165, 1.54) is 13.2 Å². The van der Waals surface area contributed by atoms with Crippen LogP contribution < -0.4 is 9.47 Å². The molecule has 3 nitrogen and oxygen atoms in total. The minimum Gasteiger partial charge on any atom is -0.497 e. The summed E-state index contributed by atoms with van der Waals surface area (Å²) in [5.74, 6) is -0.316. The summed E-state index contributed by atoms with van der Waals surface area (Å²) in [7, 11) is 1.48. The monoisotopic (exact) mass is 278 g/mol. The van der Waals surface area contributed by atoms with E-state index in [2.05, 4.69) is 0 Å². The van der Waals surface area contributed by atoms with E-state index in [0.717, 1.165) is 18.2 Å². The van der Waals surface area contributed by atoms with Gasteiger partial charge in [-0.2, -0.15) is 0 Å². The molecule has 0 unspecified atom stereocenters. The maximum absolute atomic E-state index is 13.4. The number of hydrogen-bond donors (Lipinski definition) is 0. The van der Waals surface area contributed by atoms with Crippen LogP contribution in [0.5, 0.6) is 11.5 Å². The Bertz CT molecular complexity index is 627. The standard InChI is InChI=1S/C15H12F2O3/c1-19-13-3-5-15(10(7-13)8-18)20-9-11-6-12(16)2-4-14(11)17/h2-8H,9H2,1H3. The molecule has 2 aromatic carbocycles. The molecule has 0 saturated heterocycles. The van der Waals surface area contributed by atoms with Crippen molar-refractivity contribution in [1.29, 1.82) is 0 Å². The third-order valence-electron chi connectivity index (χ3n) is 2.73. The molecule has 0 amide bonds. The van der Waals surface area contributed by atoms with Gasteiger partial charge in [0.25, 0.3) is 0 Å². The maximum atomic E-state index is 13.4. The number of carbonyl (C=O) groups is 1. The third-order valence-corrected chi connectivity index (χ3v) is 2.73. The lowest BCUT2D eigenvalue weighted by atomic mass is 10.2. The Morgan fingerprint density at radius 1 is 1.15 bits per heavy atom. The van der Waals surface area contributed by atoms with Crippen LogP contribution in [0.25, 0.3) is 0 Å². The molecule has 0 heterocycles. The summed E-state index contributed by atoms with van der Waals surface area (Å²) in [5.41, 5.74) is 0.360. The van der Waals surface area contributed by atoms with Crippen molar-refractivity contribution in [2.24, 2.45) is 0 Å². The SMILES string of the molecule is COc1ccc(OCc2cc(F)ccc2F)c(C=O)c1. The Morgan fingerprint density at radius 3 is 2.65 bits per heavy atom. The molecule has 0 saturated carbocycles. The van der Waals surface area contributed by atoms with E-state index in [1.807, 2.05) is 0 Å². The topological polar surface area (TPSA) is 35.5 Å². The van der Waals surface area contributed by atoms with Crippen molar-refractivity contribution >= 4 is 6.29 Å². The predicted molar refractivity (Wildman–Crippen MR) is 69.1 cm³/mol. The Kier molecular flexibility index (Phi) is 4.30. The molecular formula is C15H12F2O3. The summed E-state index contributed by atoms with van der Waals surface area (Å²) in [5, 5.41) is 0. The van der Waals surface area contributed by atoms with Gasteiger partial charge in [-0.05, 0) is 36.4 Å². The van der Waals surface area contributed by atoms with Gasteiger partial charge in [-0.25, -0.2) is 8.78 Å². The average Bonchev–Trinajstić information content (AvgIpc) is 2.48. The van der Waals surface area contributed by atoms with Crippen LogP contribution in [0.4, 0.5) is 8.78 Å². The van der Waals surface area contributed by atoms with Crippen LogP contribution in [-0.4, -0.2) is 13.4 Å². The zero-order valence-electron chi connectivity index (χ0n) is 10.7. The molecule has 0 bridgehead atoms. The first-order valence-corrected chi connectivity index (χ1v) is 5.84.